The molecule has 1 saturated heterocycles. The highest BCUT2D eigenvalue weighted by molar-refractivity contribution is 5.79. The van der Waals surface area contributed by atoms with Crippen LogP contribution in [0.1, 0.15) is 51.1 Å². The zero-order valence-corrected chi connectivity index (χ0v) is 14.8. The normalized spacial score (nSPS) is 17.2. The van der Waals surface area contributed by atoms with Crippen molar-refractivity contribution in [3.63, 3.8) is 0 Å². The molecule has 1 heterocycles. The Morgan fingerprint density at radius 3 is 2.46 bits per heavy atom. The topological polar surface area (TPSA) is 61.4 Å². The summed E-state index contributed by atoms with van der Waals surface area (Å²) in [5.41, 5.74) is 0.959. The molecule has 1 aliphatic rings. The van der Waals surface area contributed by atoms with Crippen molar-refractivity contribution in [2.45, 2.75) is 51.6 Å². The van der Waals surface area contributed by atoms with Crippen LogP contribution >= 0.6 is 0 Å². The second-order valence-electron chi connectivity index (χ2n) is 6.55. The number of piperidine rings is 1. The van der Waals surface area contributed by atoms with Crippen LogP contribution in [0.4, 0.5) is 0 Å². The third-order valence-corrected chi connectivity index (χ3v) is 4.46. The van der Waals surface area contributed by atoms with Crippen LogP contribution in [0, 0.1) is 0 Å². The SMILES string of the molecule is CCCN1CCC(NC(=O)C[C@H](NC(C)=O)c2ccccc2)CC1. The summed E-state index contributed by atoms with van der Waals surface area (Å²) in [6, 6.07) is 9.63. The fourth-order valence-electron chi connectivity index (χ4n) is 3.27. The molecule has 0 saturated carbocycles. The first kappa shape index (κ1) is 18.5. The van der Waals surface area contributed by atoms with Gasteiger partial charge in [-0.05, 0) is 31.4 Å². The number of nitrogens with zero attached hydrogens (tertiary/aromatic N) is 1. The Morgan fingerprint density at radius 2 is 1.88 bits per heavy atom. The molecule has 132 valence electrons. The van der Waals surface area contributed by atoms with Gasteiger partial charge in [-0.25, -0.2) is 0 Å². The summed E-state index contributed by atoms with van der Waals surface area (Å²) in [7, 11) is 0. The number of amides is 2. The minimum Gasteiger partial charge on any atom is -0.353 e. The first-order valence-electron chi connectivity index (χ1n) is 8.92. The van der Waals surface area contributed by atoms with Gasteiger partial charge in [0.05, 0.1) is 12.5 Å². The van der Waals surface area contributed by atoms with E-state index in [1.54, 1.807) is 0 Å². The third kappa shape index (κ3) is 5.96. The van der Waals surface area contributed by atoms with Gasteiger partial charge in [-0.2, -0.15) is 0 Å². The molecule has 0 aliphatic carbocycles. The van der Waals surface area contributed by atoms with Gasteiger partial charge < -0.3 is 15.5 Å². The summed E-state index contributed by atoms with van der Waals surface area (Å²) in [6.07, 6.45) is 3.45. The lowest BCUT2D eigenvalue weighted by atomic mass is 10.0. The first-order valence-corrected chi connectivity index (χ1v) is 8.92. The van der Waals surface area contributed by atoms with E-state index >= 15 is 0 Å². The first-order chi connectivity index (χ1) is 11.6. The molecule has 5 nitrogen and oxygen atoms in total. The Balaban J connectivity index is 1.86. The second-order valence-corrected chi connectivity index (χ2v) is 6.55. The molecule has 2 amide bonds. The molecule has 2 rings (SSSR count). The molecule has 2 N–H and O–H groups in total. The van der Waals surface area contributed by atoms with Gasteiger partial charge in [0.2, 0.25) is 11.8 Å². The number of rotatable bonds is 7. The number of likely N-dealkylation sites (tertiary alicyclic amines) is 1. The van der Waals surface area contributed by atoms with Crippen molar-refractivity contribution >= 4 is 11.8 Å². The molecule has 1 atom stereocenters. The molecule has 1 aromatic rings. The fourth-order valence-corrected chi connectivity index (χ4v) is 3.27. The Bertz CT molecular complexity index is 525. The Kier molecular flexibility index (Phi) is 7.25. The Morgan fingerprint density at radius 1 is 1.21 bits per heavy atom. The average molecular weight is 331 g/mol. The van der Waals surface area contributed by atoms with Gasteiger partial charge in [0, 0.05) is 26.1 Å². The van der Waals surface area contributed by atoms with Crippen molar-refractivity contribution < 1.29 is 9.59 Å². The van der Waals surface area contributed by atoms with E-state index in [1.165, 1.54) is 13.3 Å². The van der Waals surface area contributed by atoms with Gasteiger partial charge in [0.25, 0.3) is 0 Å². The minimum atomic E-state index is -0.274. The van der Waals surface area contributed by atoms with Crippen LogP contribution in [0.5, 0.6) is 0 Å². The standard InChI is InChI=1S/C19H29N3O2/c1-3-11-22-12-9-17(10-13-22)21-19(24)14-18(20-15(2)23)16-7-5-4-6-8-16/h4-8,17-18H,3,9-14H2,1-2H3,(H,20,23)(H,21,24)/t18-/m0/s1. The fraction of sp³-hybridized carbons (Fsp3) is 0.579. The lowest BCUT2D eigenvalue weighted by Gasteiger charge is -2.32. The molecular formula is C19H29N3O2. The van der Waals surface area contributed by atoms with Crippen LogP contribution < -0.4 is 10.6 Å². The minimum absolute atomic E-state index is 0.00606. The molecule has 0 aromatic heterocycles. The van der Waals surface area contributed by atoms with Crippen molar-refractivity contribution in [2.24, 2.45) is 0 Å². The molecule has 0 spiro atoms. The quantitative estimate of drug-likeness (QED) is 0.805. The van der Waals surface area contributed by atoms with Crippen LogP contribution in [-0.4, -0.2) is 42.4 Å². The van der Waals surface area contributed by atoms with Gasteiger partial charge in [-0.15, -0.1) is 0 Å². The zero-order valence-electron chi connectivity index (χ0n) is 14.8. The predicted molar refractivity (Wildman–Crippen MR) is 95.5 cm³/mol. The number of benzene rings is 1. The predicted octanol–water partition coefficient (Wildman–Crippen LogP) is 2.24. The maximum absolute atomic E-state index is 12.4. The van der Waals surface area contributed by atoms with Crippen LogP contribution in [-0.2, 0) is 9.59 Å². The highest BCUT2D eigenvalue weighted by Crippen LogP contribution is 2.17. The average Bonchev–Trinajstić information content (AvgIpc) is 2.57. The van der Waals surface area contributed by atoms with E-state index in [2.05, 4.69) is 22.5 Å². The van der Waals surface area contributed by atoms with Crippen molar-refractivity contribution in [1.29, 1.82) is 0 Å². The summed E-state index contributed by atoms with van der Waals surface area (Å²) in [4.78, 5) is 26.3. The maximum atomic E-state index is 12.4. The zero-order chi connectivity index (χ0) is 17.4. The van der Waals surface area contributed by atoms with Crippen LogP contribution in [0.15, 0.2) is 30.3 Å². The van der Waals surface area contributed by atoms with E-state index in [0.717, 1.165) is 38.0 Å². The van der Waals surface area contributed by atoms with Crippen LogP contribution in [0.3, 0.4) is 0 Å². The van der Waals surface area contributed by atoms with Gasteiger partial charge >= 0.3 is 0 Å². The van der Waals surface area contributed by atoms with E-state index in [1.807, 2.05) is 30.3 Å². The lowest BCUT2D eigenvalue weighted by Crippen LogP contribution is -2.45. The third-order valence-electron chi connectivity index (χ3n) is 4.46. The molecule has 24 heavy (non-hydrogen) atoms. The number of carbonyl (C=O) groups excluding carboxylic acids is 2. The van der Waals surface area contributed by atoms with E-state index in [0.29, 0.717) is 0 Å². The maximum Gasteiger partial charge on any atom is 0.222 e. The largest absolute Gasteiger partial charge is 0.353 e. The number of hydrogen-bond donors (Lipinski definition) is 2. The van der Waals surface area contributed by atoms with Gasteiger partial charge in [-0.3, -0.25) is 9.59 Å². The van der Waals surface area contributed by atoms with Crippen molar-refractivity contribution in [1.82, 2.24) is 15.5 Å². The van der Waals surface area contributed by atoms with Gasteiger partial charge in [-0.1, -0.05) is 37.3 Å². The van der Waals surface area contributed by atoms with Gasteiger partial charge in [0.15, 0.2) is 0 Å². The lowest BCUT2D eigenvalue weighted by molar-refractivity contribution is -0.123. The second kappa shape index (κ2) is 9.42. The summed E-state index contributed by atoms with van der Waals surface area (Å²) in [6.45, 7) is 6.91. The molecule has 0 radical (unpaired) electrons. The van der Waals surface area contributed by atoms with Crippen LogP contribution in [0.2, 0.25) is 0 Å². The number of carbonyl (C=O) groups is 2. The molecule has 0 bridgehead atoms. The Labute approximate surface area is 144 Å². The van der Waals surface area contributed by atoms with Crippen molar-refractivity contribution in [3.8, 4) is 0 Å². The summed E-state index contributed by atoms with van der Waals surface area (Å²) in [5, 5.41) is 6.02. The molecule has 5 heteroatoms. The van der Waals surface area contributed by atoms with E-state index < -0.39 is 0 Å². The van der Waals surface area contributed by atoms with E-state index in [-0.39, 0.29) is 30.3 Å². The molecule has 1 aliphatic heterocycles. The van der Waals surface area contributed by atoms with Crippen LogP contribution in [0.25, 0.3) is 0 Å². The molecule has 0 unspecified atom stereocenters. The summed E-state index contributed by atoms with van der Waals surface area (Å²) < 4.78 is 0. The van der Waals surface area contributed by atoms with E-state index in [9.17, 15) is 9.59 Å². The molecule has 1 fully saturated rings. The van der Waals surface area contributed by atoms with Crippen molar-refractivity contribution in [2.75, 3.05) is 19.6 Å². The smallest absolute Gasteiger partial charge is 0.222 e. The van der Waals surface area contributed by atoms with E-state index in [4.69, 9.17) is 0 Å². The molecule has 1 aromatic carbocycles. The summed E-state index contributed by atoms with van der Waals surface area (Å²) in [5.74, 6) is -0.115. The van der Waals surface area contributed by atoms with Crippen molar-refractivity contribution in [3.05, 3.63) is 35.9 Å². The number of hydrogen-bond acceptors (Lipinski definition) is 3. The highest BCUT2D eigenvalue weighted by atomic mass is 16.2. The highest BCUT2D eigenvalue weighted by Gasteiger charge is 2.22. The van der Waals surface area contributed by atoms with Gasteiger partial charge in [0.1, 0.15) is 0 Å². The summed E-state index contributed by atoms with van der Waals surface area (Å²) >= 11 is 0. The molecular weight excluding hydrogens is 302 g/mol. The Hall–Kier alpha value is -1.88. The monoisotopic (exact) mass is 331 g/mol. The number of nitrogens with one attached hydrogen (secondary N) is 2.